The number of hydrogen-bond acceptors (Lipinski definition) is 4. The molecule has 0 aliphatic carbocycles. The van der Waals surface area contributed by atoms with E-state index >= 15 is 0 Å². The molecular formula is C22H16Cl4FN3O3S. The second kappa shape index (κ2) is 11.5. The third-order valence-electron chi connectivity index (χ3n) is 4.55. The van der Waals surface area contributed by atoms with Gasteiger partial charge in [0.05, 0.1) is 22.7 Å². The van der Waals surface area contributed by atoms with Crippen LogP contribution in [0.1, 0.15) is 11.1 Å². The van der Waals surface area contributed by atoms with Crippen molar-refractivity contribution in [2.24, 2.45) is 5.10 Å². The lowest BCUT2D eigenvalue weighted by Crippen LogP contribution is -2.39. The minimum Gasteiger partial charge on any atom is -0.272 e. The topological polar surface area (TPSA) is 78.8 Å². The first kappa shape index (κ1) is 26.4. The summed E-state index contributed by atoms with van der Waals surface area (Å²) in [6.45, 7) is -0.922. The molecule has 178 valence electrons. The standard InChI is InChI=1S/C22H16Cl4FN3O3S/c23-14-7-9-15(10-8-14)34(32,33)30(12-17-19(25)3-1-4-20(17)26)13-22(31)29-28-11-16-18(24)5-2-6-21(16)27/h1-11H,12-13H2,(H,29,31)/b28-11-. The minimum atomic E-state index is -4.17. The first-order valence-corrected chi connectivity index (χ1v) is 12.5. The molecule has 0 aliphatic heterocycles. The number of hydrazone groups is 1. The molecule has 6 nitrogen and oxygen atoms in total. The van der Waals surface area contributed by atoms with E-state index in [0.717, 1.165) is 10.5 Å². The summed E-state index contributed by atoms with van der Waals surface area (Å²) in [5.41, 5.74) is 2.46. The number of nitrogens with zero attached hydrogens (tertiary/aromatic N) is 2. The predicted molar refractivity (Wildman–Crippen MR) is 133 cm³/mol. The third kappa shape index (κ3) is 6.47. The van der Waals surface area contributed by atoms with Gasteiger partial charge in [-0.1, -0.05) is 58.5 Å². The first-order chi connectivity index (χ1) is 16.1. The number of amides is 1. The Balaban J connectivity index is 1.86. The summed E-state index contributed by atoms with van der Waals surface area (Å²) in [5.74, 6) is -1.42. The van der Waals surface area contributed by atoms with Crippen molar-refractivity contribution in [2.45, 2.75) is 11.4 Å². The van der Waals surface area contributed by atoms with E-state index in [-0.39, 0.29) is 32.1 Å². The van der Waals surface area contributed by atoms with Crippen LogP contribution in [0.5, 0.6) is 0 Å². The summed E-state index contributed by atoms with van der Waals surface area (Å²) < 4.78 is 41.4. The molecule has 0 aromatic heterocycles. The van der Waals surface area contributed by atoms with Gasteiger partial charge in [0, 0.05) is 32.7 Å². The van der Waals surface area contributed by atoms with Crippen LogP contribution >= 0.6 is 46.4 Å². The van der Waals surface area contributed by atoms with Crippen molar-refractivity contribution in [3.8, 4) is 0 Å². The Hall–Kier alpha value is -2.20. The molecule has 3 rings (SSSR count). The minimum absolute atomic E-state index is 0.0297. The number of carbonyl (C=O) groups excluding carboxylic acids is 1. The lowest BCUT2D eigenvalue weighted by molar-refractivity contribution is -0.121. The fourth-order valence-electron chi connectivity index (χ4n) is 2.84. The van der Waals surface area contributed by atoms with Gasteiger partial charge in [0.1, 0.15) is 5.82 Å². The van der Waals surface area contributed by atoms with E-state index in [1.54, 1.807) is 18.2 Å². The molecule has 1 N–H and O–H groups in total. The molecule has 0 heterocycles. The van der Waals surface area contributed by atoms with Crippen LogP contribution in [0, 0.1) is 5.82 Å². The zero-order valence-corrected chi connectivity index (χ0v) is 21.0. The van der Waals surface area contributed by atoms with Gasteiger partial charge in [-0.05, 0) is 48.5 Å². The zero-order chi connectivity index (χ0) is 24.9. The van der Waals surface area contributed by atoms with Crippen LogP contribution < -0.4 is 5.43 Å². The van der Waals surface area contributed by atoms with Crippen molar-refractivity contribution in [3.05, 3.63) is 97.7 Å². The van der Waals surface area contributed by atoms with E-state index in [0.29, 0.717) is 10.6 Å². The van der Waals surface area contributed by atoms with Crippen LogP contribution in [0.2, 0.25) is 20.1 Å². The van der Waals surface area contributed by atoms with Crippen LogP contribution in [-0.2, 0) is 21.4 Å². The smallest absolute Gasteiger partial charge is 0.255 e. The van der Waals surface area contributed by atoms with Crippen molar-refractivity contribution in [2.75, 3.05) is 6.54 Å². The summed E-state index contributed by atoms with van der Waals surface area (Å²) in [5, 5.41) is 4.59. The molecule has 0 saturated heterocycles. The van der Waals surface area contributed by atoms with Crippen LogP contribution in [0.4, 0.5) is 4.39 Å². The monoisotopic (exact) mass is 561 g/mol. The van der Waals surface area contributed by atoms with E-state index in [1.807, 2.05) is 0 Å². The number of nitrogens with one attached hydrogen (secondary N) is 1. The maximum Gasteiger partial charge on any atom is 0.255 e. The summed E-state index contributed by atoms with van der Waals surface area (Å²) in [6.07, 6.45) is 1.03. The number of hydrogen-bond donors (Lipinski definition) is 1. The molecule has 0 aliphatic rings. The predicted octanol–water partition coefficient (Wildman–Crippen LogP) is 5.78. The van der Waals surface area contributed by atoms with Crippen molar-refractivity contribution < 1.29 is 17.6 Å². The highest BCUT2D eigenvalue weighted by Gasteiger charge is 2.28. The fourth-order valence-corrected chi connectivity index (χ4v) is 5.06. The summed E-state index contributed by atoms with van der Waals surface area (Å²) in [4.78, 5) is 12.5. The van der Waals surface area contributed by atoms with E-state index in [1.165, 1.54) is 42.5 Å². The van der Waals surface area contributed by atoms with Crippen LogP contribution in [-0.4, -0.2) is 31.4 Å². The number of sulfonamides is 1. The van der Waals surface area contributed by atoms with Crippen molar-refractivity contribution in [3.63, 3.8) is 0 Å². The van der Waals surface area contributed by atoms with Gasteiger partial charge in [0.25, 0.3) is 5.91 Å². The van der Waals surface area contributed by atoms with Crippen molar-refractivity contribution >= 4 is 68.5 Å². The van der Waals surface area contributed by atoms with Crippen LogP contribution in [0.15, 0.2) is 70.7 Å². The zero-order valence-electron chi connectivity index (χ0n) is 17.2. The highest BCUT2D eigenvalue weighted by molar-refractivity contribution is 7.89. The molecule has 34 heavy (non-hydrogen) atoms. The SMILES string of the molecule is O=C(CN(Cc1c(Cl)cccc1Cl)S(=O)(=O)c1ccc(Cl)cc1)N/N=C\c1c(F)cccc1Cl. The Morgan fingerprint density at radius 2 is 1.53 bits per heavy atom. The van der Waals surface area contributed by atoms with E-state index in [4.69, 9.17) is 46.4 Å². The molecule has 0 atom stereocenters. The molecule has 3 aromatic carbocycles. The highest BCUT2D eigenvalue weighted by atomic mass is 35.5. The molecule has 12 heteroatoms. The van der Waals surface area contributed by atoms with E-state index < -0.39 is 28.3 Å². The van der Waals surface area contributed by atoms with E-state index in [2.05, 4.69) is 10.5 Å². The van der Waals surface area contributed by atoms with Gasteiger partial charge in [-0.2, -0.15) is 9.41 Å². The largest absolute Gasteiger partial charge is 0.272 e. The average molecular weight is 563 g/mol. The molecule has 0 bridgehead atoms. The van der Waals surface area contributed by atoms with Gasteiger partial charge >= 0.3 is 0 Å². The lowest BCUT2D eigenvalue weighted by atomic mass is 10.2. The summed E-state index contributed by atoms with van der Waals surface area (Å²) in [7, 11) is -4.17. The van der Waals surface area contributed by atoms with Gasteiger partial charge < -0.3 is 0 Å². The molecule has 0 radical (unpaired) electrons. The molecule has 1 amide bonds. The van der Waals surface area contributed by atoms with Crippen LogP contribution in [0.3, 0.4) is 0 Å². The third-order valence-corrected chi connectivity index (χ3v) is 7.65. The van der Waals surface area contributed by atoms with Crippen molar-refractivity contribution in [1.82, 2.24) is 9.73 Å². The maximum absolute atomic E-state index is 13.9. The van der Waals surface area contributed by atoms with Gasteiger partial charge in [0.15, 0.2) is 0 Å². The molecule has 0 saturated carbocycles. The highest BCUT2D eigenvalue weighted by Crippen LogP contribution is 2.28. The molecule has 3 aromatic rings. The van der Waals surface area contributed by atoms with Gasteiger partial charge in [-0.15, -0.1) is 0 Å². The lowest BCUT2D eigenvalue weighted by Gasteiger charge is -2.22. The maximum atomic E-state index is 13.9. The number of rotatable bonds is 8. The Labute approximate surface area is 215 Å². The van der Waals surface area contributed by atoms with Gasteiger partial charge in [0.2, 0.25) is 10.0 Å². The number of carbonyl (C=O) groups is 1. The quantitative estimate of drug-likeness (QED) is 0.279. The Kier molecular flexibility index (Phi) is 8.92. The summed E-state index contributed by atoms with van der Waals surface area (Å²) >= 11 is 24.2. The Morgan fingerprint density at radius 3 is 2.15 bits per heavy atom. The average Bonchev–Trinajstić information content (AvgIpc) is 2.78. The van der Waals surface area contributed by atoms with Crippen LogP contribution in [0.25, 0.3) is 0 Å². The second-order valence-corrected chi connectivity index (χ2v) is 10.5. The Bertz CT molecular complexity index is 1300. The summed E-state index contributed by atoms with van der Waals surface area (Å²) in [6, 6.07) is 14.2. The Morgan fingerprint density at radius 1 is 0.941 bits per heavy atom. The number of benzene rings is 3. The first-order valence-electron chi connectivity index (χ1n) is 9.54. The number of halogens is 5. The van der Waals surface area contributed by atoms with Crippen molar-refractivity contribution in [1.29, 1.82) is 0 Å². The molecule has 0 fully saturated rings. The second-order valence-electron chi connectivity index (χ2n) is 6.86. The van der Waals surface area contributed by atoms with Gasteiger partial charge in [-0.25, -0.2) is 18.2 Å². The molecule has 0 unspecified atom stereocenters. The van der Waals surface area contributed by atoms with Gasteiger partial charge in [-0.3, -0.25) is 4.79 Å². The normalized spacial score (nSPS) is 11.8. The molecule has 0 spiro atoms. The van der Waals surface area contributed by atoms with E-state index in [9.17, 15) is 17.6 Å². The fraction of sp³-hybridized carbons (Fsp3) is 0.0909. The molecular weight excluding hydrogens is 547 g/mol.